The maximum absolute atomic E-state index is 8.47. The van der Waals surface area contributed by atoms with E-state index in [4.69, 9.17) is 10.00 Å². The molecule has 3 heteroatoms. The van der Waals surface area contributed by atoms with Crippen LogP contribution >= 0.6 is 0 Å². The van der Waals surface area contributed by atoms with Crippen LogP contribution in [0.1, 0.15) is 36.9 Å². The summed E-state index contributed by atoms with van der Waals surface area (Å²) in [6.07, 6.45) is 1.32. The summed E-state index contributed by atoms with van der Waals surface area (Å²) in [4.78, 5) is 0. The minimum atomic E-state index is 0.265. The standard InChI is InChI=1S/C14H20N2O/c1-11-6-7-13(12(2)16-3)14(10-11)17-9-5-4-8-15/h6-7,10,12,16H,4-5,9H2,1-3H3. The third kappa shape index (κ3) is 4.08. The maximum Gasteiger partial charge on any atom is 0.124 e. The summed E-state index contributed by atoms with van der Waals surface area (Å²) >= 11 is 0. The quantitative estimate of drug-likeness (QED) is 0.767. The Hall–Kier alpha value is -1.53. The van der Waals surface area contributed by atoms with Crippen molar-refractivity contribution in [2.75, 3.05) is 13.7 Å². The highest BCUT2D eigenvalue weighted by Gasteiger charge is 2.09. The van der Waals surface area contributed by atoms with Gasteiger partial charge in [0.25, 0.3) is 0 Å². The van der Waals surface area contributed by atoms with E-state index in [0.29, 0.717) is 13.0 Å². The molecule has 1 aromatic carbocycles. The molecule has 0 amide bonds. The molecule has 0 aliphatic carbocycles. The smallest absolute Gasteiger partial charge is 0.124 e. The van der Waals surface area contributed by atoms with Gasteiger partial charge in [-0.3, -0.25) is 0 Å². The fourth-order valence-corrected chi connectivity index (χ4v) is 1.61. The topological polar surface area (TPSA) is 45.0 Å². The van der Waals surface area contributed by atoms with Gasteiger partial charge in [-0.2, -0.15) is 5.26 Å². The predicted molar refractivity (Wildman–Crippen MR) is 69.0 cm³/mol. The van der Waals surface area contributed by atoms with Gasteiger partial charge in [0.1, 0.15) is 5.75 Å². The van der Waals surface area contributed by atoms with Crippen LogP contribution in [0, 0.1) is 18.3 Å². The molecule has 0 saturated carbocycles. The molecule has 0 aromatic heterocycles. The summed E-state index contributed by atoms with van der Waals surface area (Å²) in [6, 6.07) is 8.62. The lowest BCUT2D eigenvalue weighted by atomic mass is 10.1. The molecular weight excluding hydrogens is 212 g/mol. The lowest BCUT2D eigenvalue weighted by Gasteiger charge is -2.17. The van der Waals surface area contributed by atoms with Gasteiger partial charge in [0.15, 0.2) is 0 Å². The number of benzene rings is 1. The highest BCUT2D eigenvalue weighted by Crippen LogP contribution is 2.26. The predicted octanol–water partition coefficient (Wildman–Crippen LogP) is 2.96. The zero-order valence-electron chi connectivity index (χ0n) is 10.8. The Morgan fingerprint density at radius 2 is 2.24 bits per heavy atom. The summed E-state index contributed by atoms with van der Waals surface area (Å²) in [5, 5.41) is 11.7. The van der Waals surface area contributed by atoms with Crippen LogP contribution in [0.5, 0.6) is 5.75 Å². The molecule has 1 rings (SSSR count). The van der Waals surface area contributed by atoms with E-state index in [9.17, 15) is 0 Å². The third-order valence-corrected chi connectivity index (χ3v) is 2.76. The van der Waals surface area contributed by atoms with Crippen molar-refractivity contribution in [2.24, 2.45) is 0 Å². The van der Waals surface area contributed by atoms with Crippen molar-refractivity contribution in [1.29, 1.82) is 5.26 Å². The molecule has 0 bridgehead atoms. The second kappa shape index (κ2) is 6.93. The van der Waals surface area contributed by atoms with Gasteiger partial charge in [-0.15, -0.1) is 0 Å². The number of hydrogen-bond donors (Lipinski definition) is 1. The van der Waals surface area contributed by atoms with Crippen LogP contribution < -0.4 is 10.1 Å². The molecular formula is C14H20N2O. The van der Waals surface area contributed by atoms with Gasteiger partial charge in [-0.25, -0.2) is 0 Å². The molecule has 0 saturated heterocycles. The van der Waals surface area contributed by atoms with E-state index in [1.807, 2.05) is 7.05 Å². The Bertz CT molecular complexity index is 396. The van der Waals surface area contributed by atoms with Crippen molar-refractivity contribution in [3.8, 4) is 11.8 Å². The lowest BCUT2D eigenvalue weighted by molar-refractivity contribution is 0.306. The molecule has 1 unspecified atom stereocenters. The fourth-order valence-electron chi connectivity index (χ4n) is 1.61. The largest absolute Gasteiger partial charge is 0.493 e. The van der Waals surface area contributed by atoms with Crippen molar-refractivity contribution >= 4 is 0 Å². The summed E-state index contributed by atoms with van der Waals surface area (Å²) in [7, 11) is 1.93. The van der Waals surface area contributed by atoms with Crippen LogP contribution in [0.15, 0.2) is 18.2 Å². The molecule has 0 fully saturated rings. The molecule has 1 atom stereocenters. The monoisotopic (exact) mass is 232 g/mol. The van der Waals surface area contributed by atoms with Gasteiger partial charge in [-0.05, 0) is 38.9 Å². The van der Waals surface area contributed by atoms with Crippen molar-refractivity contribution in [1.82, 2.24) is 5.32 Å². The molecule has 0 heterocycles. The molecule has 0 aliphatic heterocycles. The highest BCUT2D eigenvalue weighted by molar-refractivity contribution is 5.39. The second-order valence-corrected chi connectivity index (χ2v) is 4.16. The van der Waals surface area contributed by atoms with Gasteiger partial charge in [-0.1, -0.05) is 12.1 Å². The summed E-state index contributed by atoms with van der Waals surface area (Å²) in [6.45, 7) is 4.75. The highest BCUT2D eigenvalue weighted by atomic mass is 16.5. The summed E-state index contributed by atoms with van der Waals surface area (Å²) < 4.78 is 5.75. The molecule has 1 aromatic rings. The molecule has 3 nitrogen and oxygen atoms in total. The summed E-state index contributed by atoms with van der Waals surface area (Å²) in [5.74, 6) is 0.921. The molecule has 0 radical (unpaired) electrons. The van der Waals surface area contributed by atoms with Gasteiger partial charge >= 0.3 is 0 Å². The van der Waals surface area contributed by atoms with Gasteiger partial charge < -0.3 is 10.1 Å². The number of rotatable bonds is 6. The Balaban J connectivity index is 2.74. The van der Waals surface area contributed by atoms with Crippen LogP contribution in [-0.2, 0) is 0 Å². The van der Waals surface area contributed by atoms with E-state index in [-0.39, 0.29) is 6.04 Å². The normalized spacial score (nSPS) is 11.9. The average Bonchev–Trinajstić information content (AvgIpc) is 2.34. The second-order valence-electron chi connectivity index (χ2n) is 4.16. The van der Waals surface area contributed by atoms with Crippen molar-refractivity contribution in [3.63, 3.8) is 0 Å². The fraction of sp³-hybridized carbons (Fsp3) is 0.500. The third-order valence-electron chi connectivity index (χ3n) is 2.76. The number of hydrogen-bond acceptors (Lipinski definition) is 3. The van der Waals surface area contributed by atoms with E-state index < -0.39 is 0 Å². The van der Waals surface area contributed by atoms with Gasteiger partial charge in [0.2, 0.25) is 0 Å². The van der Waals surface area contributed by atoms with E-state index in [1.165, 1.54) is 5.56 Å². The van der Waals surface area contributed by atoms with E-state index in [0.717, 1.165) is 17.7 Å². The molecule has 0 spiro atoms. The lowest BCUT2D eigenvalue weighted by Crippen LogP contribution is -2.14. The Morgan fingerprint density at radius 3 is 2.88 bits per heavy atom. The Labute approximate surface area is 103 Å². The first-order valence-electron chi connectivity index (χ1n) is 5.96. The summed E-state index contributed by atoms with van der Waals surface area (Å²) in [5.41, 5.74) is 2.35. The Kier molecular flexibility index (Phi) is 5.51. The van der Waals surface area contributed by atoms with Crippen molar-refractivity contribution in [3.05, 3.63) is 29.3 Å². The molecule has 0 aliphatic rings. The van der Waals surface area contributed by atoms with Crippen molar-refractivity contribution in [2.45, 2.75) is 32.7 Å². The van der Waals surface area contributed by atoms with Crippen LogP contribution in [0.2, 0.25) is 0 Å². The Morgan fingerprint density at radius 1 is 1.47 bits per heavy atom. The van der Waals surface area contributed by atoms with Crippen molar-refractivity contribution < 1.29 is 4.74 Å². The zero-order chi connectivity index (χ0) is 12.7. The zero-order valence-corrected chi connectivity index (χ0v) is 10.8. The van der Waals surface area contributed by atoms with Crippen LogP contribution in [-0.4, -0.2) is 13.7 Å². The SMILES string of the molecule is CNC(C)c1ccc(C)cc1OCCCC#N. The van der Waals surface area contributed by atoms with Gasteiger partial charge in [0.05, 0.1) is 12.7 Å². The number of nitrogens with zero attached hydrogens (tertiary/aromatic N) is 1. The number of aryl methyl sites for hydroxylation is 1. The minimum Gasteiger partial charge on any atom is -0.493 e. The van der Waals surface area contributed by atoms with E-state index >= 15 is 0 Å². The first-order valence-corrected chi connectivity index (χ1v) is 5.96. The van der Waals surface area contributed by atoms with Gasteiger partial charge in [0, 0.05) is 18.0 Å². The van der Waals surface area contributed by atoms with Crippen LogP contribution in [0.3, 0.4) is 0 Å². The van der Waals surface area contributed by atoms with E-state index in [1.54, 1.807) is 0 Å². The number of nitrogens with one attached hydrogen (secondary N) is 1. The number of ether oxygens (including phenoxy) is 1. The van der Waals surface area contributed by atoms with Crippen LogP contribution in [0.25, 0.3) is 0 Å². The molecule has 1 N–H and O–H groups in total. The first kappa shape index (κ1) is 13.5. The van der Waals surface area contributed by atoms with Crippen LogP contribution in [0.4, 0.5) is 0 Å². The van der Waals surface area contributed by atoms with E-state index in [2.05, 4.69) is 43.4 Å². The number of nitriles is 1. The number of unbranched alkanes of at least 4 members (excludes halogenated alkanes) is 1. The minimum absolute atomic E-state index is 0.265. The molecule has 17 heavy (non-hydrogen) atoms. The maximum atomic E-state index is 8.47. The molecule has 92 valence electrons. The average molecular weight is 232 g/mol. The first-order chi connectivity index (χ1) is 8.19.